The molecular weight excluding hydrogens is 212 g/mol. The molecule has 1 aromatic rings. The minimum atomic E-state index is -0.548. The molecule has 0 saturated heterocycles. The zero-order chi connectivity index (χ0) is 12.0. The van der Waals surface area contributed by atoms with Crippen LogP contribution in [0.1, 0.15) is 19.8 Å². The average Bonchev–Trinajstić information content (AvgIpc) is 2.28. The SMILES string of the molecule is CCCCNc1ncnc(OC)c1[N+](=O)[O-]. The minimum absolute atomic E-state index is 0.0287. The summed E-state index contributed by atoms with van der Waals surface area (Å²) in [5.74, 6) is 0.171. The third-order valence-electron chi connectivity index (χ3n) is 1.99. The van der Waals surface area contributed by atoms with Crippen molar-refractivity contribution in [1.29, 1.82) is 0 Å². The molecule has 1 N–H and O–H groups in total. The lowest BCUT2D eigenvalue weighted by atomic mass is 10.3. The van der Waals surface area contributed by atoms with Gasteiger partial charge in [0.05, 0.1) is 12.0 Å². The van der Waals surface area contributed by atoms with Crippen molar-refractivity contribution in [3.8, 4) is 5.88 Å². The van der Waals surface area contributed by atoms with Crippen LogP contribution in [0.5, 0.6) is 5.88 Å². The lowest BCUT2D eigenvalue weighted by Gasteiger charge is -2.06. The van der Waals surface area contributed by atoms with Crippen molar-refractivity contribution in [1.82, 2.24) is 9.97 Å². The van der Waals surface area contributed by atoms with Crippen molar-refractivity contribution in [3.63, 3.8) is 0 Å². The molecule has 0 bridgehead atoms. The van der Waals surface area contributed by atoms with Crippen LogP contribution in [0.4, 0.5) is 11.5 Å². The van der Waals surface area contributed by atoms with E-state index in [-0.39, 0.29) is 17.4 Å². The fourth-order valence-corrected chi connectivity index (χ4v) is 1.19. The zero-order valence-corrected chi connectivity index (χ0v) is 9.27. The molecule has 0 fully saturated rings. The number of aromatic nitrogens is 2. The van der Waals surface area contributed by atoms with Crippen LogP contribution in [0.15, 0.2) is 6.33 Å². The van der Waals surface area contributed by atoms with Gasteiger partial charge in [0.2, 0.25) is 5.82 Å². The zero-order valence-electron chi connectivity index (χ0n) is 9.27. The number of nitrogens with one attached hydrogen (secondary N) is 1. The first-order valence-electron chi connectivity index (χ1n) is 4.98. The van der Waals surface area contributed by atoms with Gasteiger partial charge in [-0.15, -0.1) is 0 Å². The monoisotopic (exact) mass is 226 g/mol. The van der Waals surface area contributed by atoms with Crippen LogP contribution in [-0.4, -0.2) is 28.5 Å². The van der Waals surface area contributed by atoms with Gasteiger partial charge in [-0.3, -0.25) is 10.1 Å². The standard InChI is InChI=1S/C9H14N4O3/c1-3-4-5-10-8-7(13(14)15)9(16-2)12-6-11-8/h6H,3-5H2,1-2H3,(H,10,11,12). The van der Waals surface area contributed by atoms with Crippen molar-refractivity contribution in [2.45, 2.75) is 19.8 Å². The van der Waals surface area contributed by atoms with Gasteiger partial charge in [0.25, 0.3) is 5.88 Å². The van der Waals surface area contributed by atoms with E-state index in [1.807, 2.05) is 6.92 Å². The van der Waals surface area contributed by atoms with E-state index in [1.54, 1.807) is 0 Å². The first-order chi connectivity index (χ1) is 7.70. The van der Waals surface area contributed by atoms with Crippen molar-refractivity contribution < 1.29 is 9.66 Å². The summed E-state index contributed by atoms with van der Waals surface area (Å²) in [6.07, 6.45) is 3.16. The predicted octanol–water partition coefficient (Wildman–Crippen LogP) is 1.61. The molecule has 0 aromatic carbocycles. The van der Waals surface area contributed by atoms with Crippen molar-refractivity contribution in [3.05, 3.63) is 16.4 Å². The number of nitrogens with zero attached hydrogens (tertiary/aromatic N) is 3. The Morgan fingerprint density at radius 1 is 1.56 bits per heavy atom. The lowest BCUT2D eigenvalue weighted by molar-refractivity contribution is -0.385. The minimum Gasteiger partial charge on any atom is -0.476 e. The lowest BCUT2D eigenvalue weighted by Crippen LogP contribution is -2.08. The Morgan fingerprint density at radius 3 is 2.88 bits per heavy atom. The van der Waals surface area contributed by atoms with Crippen LogP contribution in [0.3, 0.4) is 0 Å². The van der Waals surface area contributed by atoms with Gasteiger partial charge >= 0.3 is 5.69 Å². The highest BCUT2D eigenvalue weighted by atomic mass is 16.6. The van der Waals surface area contributed by atoms with Crippen LogP contribution < -0.4 is 10.1 Å². The summed E-state index contributed by atoms with van der Waals surface area (Å²) in [4.78, 5) is 17.8. The second-order valence-electron chi connectivity index (χ2n) is 3.12. The van der Waals surface area contributed by atoms with Gasteiger partial charge in [-0.25, -0.2) is 4.98 Å². The summed E-state index contributed by atoms with van der Waals surface area (Å²) in [6.45, 7) is 2.67. The van der Waals surface area contributed by atoms with E-state index in [4.69, 9.17) is 4.74 Å². The molecule has 7 heteroatoms. The first-order valence-corrected chi connectivity index (χ1v) is 4.98. The van der Waals surface area contributed by atoms with Gasteiger partial charge in [0, 0.05) is 6.54 Å². The molecule has 0 aliphatic carbocycles. The molecule has 1 heterocycles. The summed E-state index contributed by atoms with van der Waals surface area (Å²) < 4.78 is 4.82. The van der Waals surface area contributed by atoms with Gasteiger partial charge in [-0.05, 0) is 6.42 Å². The van der Waals surface area contributed by atoms with Crippen LogP contribution >= 0.6 is 0 Å². The molecule has 0 aliphatic heterocycles. The molecule has 7 nitrogen and oxygen atoms in total. The van der Waals surface area contributed by atoms with Gasteiger partial charge in [0.1, 0.15) is 6.33 Å². The molecule has 0 aliphatic rings. The number of hydrogen-bond donors (Lipinski definition) is 1. The summed E-state index contributed by atoms with van der Waals surface area (Å²) in [6, 6.07) is 0. The maximum Gasteiger partial charge on any atom is 0.372 e. The second kappa shape index (κ2) is 5.84. The van der Waals surface area contributed by atoms with E-state index in [9.17, 15) is 10.1 Å². The quantitative estimate of drug-likeness (QED) is 0.450. The normalized spacial score (nSPS) is 9.88. The third-order valence-corrected chi connectivity index (χ3v) is 1.99. The topological polar surface area (TPSA) is 90.2 Å². The van der Waals surface area contributed by atoms with E-state index >= 15 is 0 Å². The number of hydrogen-bond acceptors (Lipinski definition) is 6. The fraction of sp³-hybridized carbons (Fsp3) is 0.556. The maximum atomic E-state index is 10.8. The largest absolute Gasteiger partial charge is 0.476 e. The van der Waals surface area contributed by atoms with Gasteiger partial charge in [0.15, 0.2) is 0 Å². The fourth-order valence-electron chi connectivity index (χ4n) is 1.19. The van der Waals surface area contributed by atoms with Gasteiger partial charge < -0.3 is 10.1 Å². The molecular formula is C9H14N4O3. The molecule has 0 spiro atoms. The first kappa shape index (κ1) is 12.2. The van der Waals surface area contributed by atoms with Crippen LogP contribution in [0.25, 0.3) is 0 Å². The average molecular weight is 226 g/mol. The van der Waals surface area contributed by atoms with Crippen molar-refractivity contribution in [2.24, 2.45) is 0 Å². The van der Waals surface area contributed by atoms with Crippen molar-refractivity contribution in [2.75, 3.05) is 19.0 Å². The molecule has 0 unspecified atom stereocenters. The Labute approximate surface area is 93.0 Å². The highest BCUT2D eigenvalue weighted by Gasteiger charge is 2.23. The van der Waals surface area contributed by atoms with Crippen LogP contribution in [0, 0.1) is 10.1 Å². The molecule has 0 saturated carbocycles. The summed E-state index contributed by atoms with van der Waals surface area (Å²) in [5, 5.41) is 13.7. The molecule has 88 valence electrons. The number of methoxy groups -OCH3 is 1. The highest BCUT2D eigenvalue weighted by Crippen LogP contribution is 2.30. The molecule has 1 rings (SSSR count). The van der Waals surface area contributed by atoms with E-state index in [0.717, 1.165) is 12.8 Å². The molecule has 0 radical (unpaired) electrons. The second-order valence-corrected chi connectivity index (χ2v) is 3.12. The molecule has 1 aromatic heterocycles. The third kappa shape index (κ3) is 2.78. The Hall–Kier alpha value is -1.92. The number of ether oxygens (including phenoxy) is 1. The van der Waals surface area contributed by atoms with E-state index in [2.05, 4.69) is 15.3 Å². The highest BCUT2D eigenvalue weighted by molar-refractivity contribution is 5.60. The van der Waals surface area contributed by atoms with E-state index in [1.165, 1.54) is 13.4 Å². The molecule has 0 amide bonds. The van der Waals surface area contributed by atoms with E-state index < -0.39 is 4.92 Å². The van der Waals surface area contributed by atoms with Gasteiger partial charge in [-0.1, -0.05) is 13.3 Å². The Morgan fingerprint density at radius 2 is 2.31 bits per heavy atom. The predicted molar refractivity (Wildman–Crippen MR) is 58.6 cm³/mol. The van der Waals surface area contributed by atoms with E-state index in [0.29, 0.717) is 6.54 Å². The number of nitro groups is 1. The van der Waals surface area contributed by atoms with Gasteiger partial charge in [-0.2, -0.15) is 4.98 Å². The molecule has 16 heavy (non-hydrogen) atoms. The summed E-state index contributed by atoms with van der Waals surface area (Å²) in [7, 11) is 1.34. The summed E-state index contributed by atoms with van der Waals surface area (Å²) >= 11 is 0. The summed E-state index contributed by atoms with van der Waals surface area (Å²) in [5.41, 5.74) is -0.221. The van der Waals surface area contributed by atoms with Crippen LogP contribution in [0.2, 0.25) is 0 Å². The molecule has 0 atom stereocenters. The smallest absolute Gasteiger partial charge is 0.372 e. The maximum absolute atomic E-state index is 10.8. The Bertz CT molecular complexity index is 370. The number of unbranched alkanes of at least 4 members (excludes halogenated alkanes) is 1. The number of anilines is 1. The number of rotatable bonds is 6. The van der Waals surface area contributed by atoms with Crippen LogP contribution in [-0.2, 0) is 0 Å². The Balaban J connectivity index is 2.93. The Kier molecular flexibility index (Phi) is 4.43. The van der Waals surface area contributed by atoms with Crippen molar-refractivity contribution >= 4 is 11.5 Å².